The van der Waals surface area contributed by atoms with Crippen molar-refractivity contribution in [1.29, 1.82) is 0 Å². The molecule has 3 amide bonds. The zero-order valence-corrected chi connectivity index (χ0v) is 15.3. The van der Waals surface area contributed by atoms with Gasteiger partial charge in [0, 0.05) is 23.4 Å². The second-order valence-corrected chi connectivity index (χ2v) is 6.82. The molecule has 2 aromatic rings. The van der Waals surface area contributed by atoms with Gasteiger partial charge in [0.1, 0.15) is 18.1 Å². The number of nitrogens with one attached hydrogen (secondary N) is 1. The van der Waals surface area contributed by atoms with Crippen LogP contribution in [-0.4, -0.2) is 38.5 Å². The Morgan fingerprint density at radius 2 is 2.03 bits per heavy atom. The lowest BCUT2D eigenvalue weighted by atomic mass is 10.1. The molecule has 0 atom stereocenters. The first kappa shape index (κ1) is 20.0. The van der Waals surface area contributed by atoms with E-state index in [1.54, 1.807) is 0 Å². The van der Waals surface area contributed by atoms with E-state index in [1.165, 1.54) is 18.2 Å². The SMILES string of the molecule is O=C(CN1C(=O)S/C(=C/c2cc([N+](=O)[O-])ccc2O)C1=O)Nc1cccc(F)c1. The van der Waals surface area contributed by atoms with Crippen molar-refractivity contribution in [3.63, 3.8) is 0 Å². The summed E-state index contributed by atoms with van der Waals surface area (Å²) in [6.07, 6.45) is 1.14. The monoisotopic (exact) mass is 417 g/mol. The van der Waals surface area contributed by atoms with Gasteiger partial charge in [0.05, 0.1) is 9.83 Å². The number of nitrogens with zero attached hydrogens (tertiary/aromatic N) is 2. The topological polar surface area (TPSA) is 130 Å². The number of anilines is 1. The van der Waals surface area contributed by atoms with Crippen molar-refractivity contribution in [3.8, 4) is 5.75 Å². The number of nitro groups is 1. The van der Waals surface area contributed by atoms with Gasteiger partial charge < -0.3 is 10.4 Å². The smallest absolute Gasteiger partial charge is 0.294 e. The summed E-state index contributed by atoms with van der Waals surface area (Å²) in [5.74, 6) is -2.38. The minimum atomic E-state index is -0.791. The fourth-order valence-electron chi connectivity index (χ4n) is 2.46. The molecule has 29 heavy (non-hydrogen) atoms. The Hall–Kier alpha value is -3.73. The van der Waals surface area contributed by atoms with Gasteiger partial charge in [-0.05, 0) is 42.1 Å². The third kappa shape index (κ3) is 4.58. The van der Waals surface area contributed by atoms with Gasteiger partial charge in [-0.25, -0.2) is 4.39 Å². The van der Waals surface area contributed by atoms with Crippen molar-refractivity contribution in [3.05, 3.63) is 68.9 Å². The largest absolute Gasteiger partial charge is 0.507 e. The molecule has 1 saturated heterocycles. The van der Waals surface area contributed by atoms with Crippen LogP contribution in [0.5, 0.6) is 5.75 Å². The predicted octanol–water partition coefficient (Wildman–Crippen LogP) is 3.11. The fraction of sp³-hybridized carbons (Fsp3) is 0.0556. The third-order valence-corrected chi connectivity index (χ3v) is 4.70. The Morgan fingerprint density at radius 3 is 2.72 bits per heavy atom. The summed E-state index contributed by atoms with van der Waals surface area (Å²) in [6, 6.07) is 8.35. The van der Waals surface area contributed by atoms with Gasteiger partial charge >= 0.3 is 0 Å². The molecule has 148 valence electrons. The highest BCUT2D eigenvalue weighted by molar-refractivity contribution is 8.18. The van der Waals surface area contributed by atoms with E-state index >= 15 is 0 Å². The fourth-order valence-corrected chi connectivity index (χ4v) is 3.29. The van der Waals surface area contributed by atoms with E-state index < -0.39 is 34.3 Å². The number of carbonyl (C=O) groups excluding carboxylic acids is 3. The molecule has 0 saturated carbocycles. The molecule has 0 unspecified atom stereocenters. The minimum absolute atomic E-state index is 0.0195. The zero-order chi connectivity index (χ0) is 21.1. The van der Waals surface area contributed by atoms with Crippen molar-refractivity contribution >= 4 is 46.3 Å². The van der Waals surface area contributed by atoms with E-state index in [1.807, 2.05) is 0 Å². The molecule has 0 bridgehead atoms. The summed E-state index contributed by atoms with van der Waals surface area (Å²) in [7, 11) is 0. The lowest BCUT2D eigenvalue weighted by molar-refractivity contribution is -0.384. The van der Waals surface area contributed by atoms with Crippen LogP contribution in [0.15, 0.2) is 47.4 Å². The number of benzene rings is 2. The number of non-ortho nitro benzene ring substituents is 1. The standard InChI is InChI=1S/C18H12FN3O6S/c19-11-2-1-3-12(8-11)20-16(24)9-21-17(25)15(29-18(21)26)7-10-6-13(22(27)28)4-5-14(10)23/h1-8,23H,9H2,(H,20,24)/b15-7+. The lowest BCUT2D eigenvalue weighted by Crippen LogP contribution is -2.36. The van der Waals surface area contributed by atoms with Gasteiger partial charge in [-0.1, -0.05) is 6.07 Å². The van der Waals surface area contributed by atoms with Crippen LogP contribution in [0, 0.1) is 15.9 Å². The average molecular weight is 417 g/mol. The number of rotatable bonds is 5. The number of phenolic OH excluding ortho intramolecular Hbond substituents is 1. The minimum Gasteiger partial charge on any atom is -0.507 e. The second-order valence-electron chi connectivity index (χ2n) is 5.83. The van der Waals surface area contributed by atoms with Crippen LogP contribution in [0.4, 0.5) is 20.6 Å². The first-order valence-electron chi connectivity index (χ1n) is 8.03. The maximum Gasteiger partial charge on any atom is 0.294 e. The van der Waals surface area contributed by atoms with Crippen molar-refractivity contribution in [2.24, 2.45) is 0 Å². The van der Waals surface area contributed by atoms with Crippen LogP contribution in [0.2, 0.25) is 0 Å². The molecule has 2 N–H and O–H groups in total. The normalized spacial score (nSPS) is 15.1. The molecule has 1 aliphatic rings. The molecule has 2 aromatic carbocycles. The lowest BCUT2D eigenvalue weighted by Gasteiger charge is -2.12. The Morgan fingerprint density at radius 1 is 1.28 bits per heavy atom. The molecular weight excluding hydrogens is 405 g/mol. The first-order valence-corrected chi connectivity index (χ1v) is 8.84. The van der Waals surface area contributed by atoms with Crippen molar-refractivity contribution in [1.82, 2.24) is 4.90 Å². The molecule has 1 aliphatic heterocycles. The van der Waals surface area contributed by atoms with E-state index in [4.69, 9.17) is 0 Å². The molecule has 1 heterocycles. The summed E-state index contributed by atoms with van der Waals surface area (Å²) in [4.78, 5) is 47.4. The molecular formula is C18H12FN3O6S. The number of carbonyl (C=O) groups is 3. The number of phenols is 1. The predicted molar refractivity (Wildman–Crippen MR) is 102 cm³/mol. The van der Waals surface area contributed by atoms with Gasteiger partial charge in [-0.15, -0.1) is 0 Å². The molecule has 11 heteroatoms. The van der Waals surface area contributed by atoms with Gasteiger partial charge in [0.25, 0.3) is 16.8 Å². The third-order valence-electron chi connectivity index (χ3n) is 3.79. The van der Waals surface area contributed by atoms with Crippen molar-refractivity contribution in [2.45, 2.75) is 0 Å². The quantitative estimate of drug-likeness (QED) is 0.434. The summed E-state index contributed by atoms with van der Waals surface area (Å²) in [5, 5.41) is 22.4. The van der Waals surface area contributed by atoms with Crippen LogP contribution in [0.3, 0.4) is 0 Å². The number of imide groups is 1. The highest BCUT2D eigenvalue weighted by atomic mass is 32.2. The van der Waals surface area contributed by atoms with Crippen LogP contribution < -0.4 is 5.32 Å². The average Bonchev–Trinajstić information content (AvgIpc) is 2.90. The van der Waals surface area contributed by atoms with Gasteiger partial charge in [0.2, 0.25) is 5.91 Å². The van der Waals surface area contributed by atoms with E-state index in [9.17, 15) is 34.0 Å². The highest BCUT2D eigenvalue weighted by Crippen LogP contribution is 2.34. The molecule has 1 fully saturated rings. The maximum absolute atomic E-state index is 13.2. The summed E-state index contributed by atoms with van der Waals surface area (Å²) < 4.78 is 13.2. The van der Waals surface area contributed by atoms with Gasteiger partial charge in [0.15, 0.2) is 0 Å². The molecule has 9 nitrogen and oxygen atoms in total. The van der Waals surface area contributed by atoms with E-state index in [2.05, 4.69) is 5.32 Å². The first-order chi connectivity index (χ1) is 13.7. The molecule has 0 aromatic heterocycles. The summed E-state index contributed by atoms with van der Waals surface area (Å²) in [5.41, 5.74) is -0.157. The summed E-state index contributed by atoms with van der Waals surface area (Å²) >= 11 is 0.528. The van der Waals surface area contributed by atoms with Crippen LogP contribution in [0.1, 0.15) is 5.56 Å². The molecule has 0 aliphatic carbocycles. The Kier molecular flexibility index (Phi) is 5.59. The van der Waals surface area contributed by atoms with E-state index in [-0.39, 0.29) is 27.6 Å². The number of amides is 3. The number of hydrogen-bond donors (Lipinski definition) is 2. The molecule has 0 spiro atoms. The molecule has 0 radical (unpaired) electrons. The van der Waals surface area contributed by atoms with E-state index in [0.29, 0.717) is 16.7 Å². The highest BCUT2D eigenvalue weighted by Gasteiger charge is 2.36. The number of aromatic hydroxyl groups is 1. The Balaban J connectivity index is 1.76. The number of hydrogen-bond acceptors (Lipinski definition) is 7. The van der Waals surface area contributed by atoms with Crippen LogP contribution >= 0.6 is 11.8 Å². The second kappa shape index (κ2) is 8.10. The number of thioether (sulfide) groups is 1. The van der Waals surface area contributed by atoms with Crippen LogP contribution in [0.25, 0.3) is 6.08 Å². The maximum atomic E-state index is 13.2. The zero-order valence-electron chi connectivity index (χ0n) is 14.5. The Bertz CT molecular complexity index is 1070. The van der Waals surface area contributed by atoms with Crippen LogP contribution in [-0.2, 0) is 9.59 Å². The summed E-state index contributed by atoms with van der Waals surface area (Å²) in [6.45, 7) is -0.598. The number of nitro benzene ring substituents is 1. The number of halogens is 1. The van der Waals surface area contributed by atoms with Crippen molar-refractivity contribution < 1.29 is 28.8 Å². The van der Waals surface area contributed by atoms with E-state index in [0.717, 1.165) is 30.3 Å². The Labute approximate surface area is 167 Å². The van der Waals surface area contributed by atoms with Crippen molar-refractivity contribution in [2.75, 3.05) is 11.9 Å². The molecule has 3 rings (SSSR count). The van der Waals surface area contributed by atoms with Gasteiger partial charge in [-0.2, -0.15) is 0 Å². The van der Waals surface area contributed by atoms with Gasteiger partial charge in [-0.3, -0.25) is 29.4 Å².